The van der Waals surface area contributed by atoms with Crippen LogP contribution in [0.5, 0.6) is 5.75 Å². The summed E-state index contributed by atoms with van der Waals surface area (Å²) < 4.78 is 5.26. The van der Waals surface area contributed by atoms with E-state index in [-0.39, 0.29) is 5.91 Å². The van der Waals surface area contributed by atoms with E-state index < -0.39 is 0 Å². The monoisotopic (exact) mass is 273 g/mol. The molecule has 20 heavy (non-hydrogen) atoms. The van der Waals surface area contributed by atoms with Crippen molar-refractivity contribution in [3.8, 4) is 11.8 Å². The molecule has 2 rings (SSSR count). The molecule has 0 bridgehead atoms. The number of methoxy groups -OCH3 is 1. The Balaban J connectivity index is 2.04. The summed E-state index contributed by atoms with van der Waals surface area (Å²) in [6, 6.07) is 7.67. The fourth-order valence-corrected chi connectivity index (χ4v) is 2.34. The summed E-state index contributed by atoms with van der Waals surface area (Å²) in [6.45, 7) is 5.21. The van der Waals surface area contributed by atoms with Crippen LogP contribution in [0.2, 0.25) is 0 Å². The predicted octanol–water partition coefficient (Wildman–Crippen LogP) is 1.28. The van der Waals surface area contributed by atoms with E-state index in [1.165, 1.54) is 0 Å². The number of nitriles is 1. The number of hydrogen-bond acceptors (Lipinski definition) is 4. The van der Waals surface area contributed by atoms with Gasteiger partial charge in [0.15, 0.2) is 0 Å². The molecule has 0 unspecified atom stereocenters. The third-order valence-corrected chi connectivity index (χ3v) is 3.61. The van der Waals surface area contributed by atoms with Gasteiger partial charge in [0.25, 0.3) is 5.91 Å². The largest absolute Gasteiger partial charge is 0.496 e. The van der Waals surface area contributed by atoms with Crippen molar-refractivity contribution >= 4 is 5.91 Å². The Kier molecular flexibility index (Phi) is 4.59. The van der Waals surface area contributed by atoms with Crippen LogP contribution in [0.15, 0.2) is 18.2 Å². The van der Waals surface area contributed by atoms with Crippen LogP contribution in [0.25, 0.3) is 0 Å². The Labute approximate surface area is 119 Å². The minimum atomic E-state index is 0.0277. The summed E-state index contributed by atoms with van der Waals surface area (Å²) in [5.41, 5.74) is 1.67. The van der Waals surface area contributed by atoms with Gasteiger partial charge in [0.05, 0.1) is 19.7 Å². The fraction of sp³-hybridized carbons (Fsp3) is 0.467. The van der Waals surface area contributed by atoms with Gasteiger partial charge in [0.2, 0.25) is 0 Å². The summed E-state index contributed by atoms with van der Waals surface area (Å²) >= 11 is 0. The molecule has 0 aliphatic carbocycles. The molecule has 1 aromatic carbocycles. The van der Waals surface area contributed by atoms with Crippen LogP contribution in [-0.4, -0.2) is 55.5 Å². The quantitative estimate of drug-likeness (QED) is 0.779. The molecule has 0 atom stereocenters. The first-order valence-electron chi connectivity index (χ1n) is 6.69. The molecular formula is C15H19N3O2. The number of rotatable bonds is 3. The number of aryl methyl sites for hydroxylation is 1. The number of carbonyl (C=O) groups is 1. The van der Waals surface area contributed by atoms with E-state index in [1.807, 2.05) is 24.0 Å². The molecule has 5 nitrogen and oxygen atoms in total. The van der Waals surface area contributed by atoms with Crippen molar-refractivity contribution in [2.24, 2.45) is 0 Å². The number of piperazine rings is 1. The highest BCUT2D eigenvalue weighted by molar-refractivity contribution is 5.94. The molecule has 0 spiro atoms. The molecule has 5 heteroatoms. The van der Waals surface area contributed by atoms with Gasteiger partial charge in [-0.25, -0.2) is 0 Å². The first-order valence-corrected chi connectivity index (χ1v) is 6.69. The van der Waals surface area contributed by atoms with E-state index in [9.17, 15) is 4.79 Å². The smallest absolute Gasteiger partial charge is 0.254 e. The Morgan fingerprint density at radius 2 is 2.05 bits per heavy atom. The summed E-state index contributed by atoms with van der Waals surface area (Å²) in [6.07, 6.45) is 0. The number of ether oxygens (including phenoxy) is 1. The van der Waals surface area contributed by atoms with E-state index >= 15 is 0 Å². The fourth-order valence-electron chi connectivity index (χ4n) is 2.34. The number of hydrogen-bond donors (Lipinski definition) is 0. The van der Waals surface area contributed by atoms with Crippen LogP contribution in [0.4, 0.5) is 0 Å². The molecule has 1 heterocycles. The highest BCUT2D eigenvalue weighted by Crippen LogP contribution is 2.20. The normalized spacial score (nSPS) is 15.8. The van der Waals surface area contributed by atoms with E-state index in [0.29, 0.717) is 25.2 Å². The summed E-state index contributed by atoms with van der Waals surface area (Å²) in [5.74, 6) is 0.763. The Morgan fingerprint density at radius 1 is 1.35 bits per heavy atom. The first kappa shape index (κ1) is 14.4. The highest BCUT2D eigenvalue weighted by Gasteiger charge is 2.22. The lowest BCUT2D eigenvalue weighted by Gasteiger charge is -2.33. The molecule has 1 aromatic rings. The van der Waals surface area contributed by atoms with Gasteiger partial charge in [-0.15, -0.1) is 0 Å². The van der Waals surface area contributed by atoms with Crippen LogP contribution in [0.3, 0.4) is 0 Å². The predicted molar refractivity (Wildman–Crippen MR) is 75.7 cm³/mol. The number of carbonyl (C=O) groups excluding carboxylic acids is 1. The minimum Gasteiger partial charge on any atom is -0.496 e. The zero-order valence-corrected chi connectivity index (χ0v) is 11.9. The lowest BCUT2D eigenvalue weighted by Crippen LogP contribution is -2.48. The summed E-state index contributed by atoms with van der Waals surface area (Å²) in [4.78, 5) is 16.3. The van der Waals surface area contributed by atoms with Crippen molar-refractivity contribution in [1.29, 1.82) is 5.26 Å². The maximum atomic E-state index is 12.4. The highest BCUT2D eigenvalue weighted by atomic mass is 16.5. The standard InChI is InChI=1S/C15H19N3O2/c1-12-3-4-13(11-14(12)20-2)15(19)18-9-7-17(6-5-16)8-10-18/h3-4,11H,6-10H2,1-2H3. The maximum Gasteiger partial charge on any atom is 0.254 e. The Morgan fingerprint density at radius 3 is 2.65 bits per heavy atom. The van der Waals surface area contributed by atoms with Crippen LogP contribution >= 0.6 is 0 Å². The van der Waals surface area contributed by atoms with E-state index in [2.05, 4.69) is 11.0 Å². The molecule has 1 amide bonds. The van der Waals surface area contributed by atoms with Crippen molar-refractivity contribution in [1.82, 2.24) is 9.80 Å². The molecule has 0 N–H and O–H groups in total. The van der Waals surface area contributed by atoms with Crippen LogP contribution in [0, 0.1) is 18.3 Å². The van der Waals surface area contributed by atoms with Gasteiger partial charge >= 0.3 is 0 Å². The molecule has 1 aliphatic heterocycles. The lowest BCUT2D eigenvalue weighted by atomic mass is 10.1. The SMILES string of the molecule is COc1cc(C(=O)N2CCN(CC#N)CC2)ccc1C. The lowest BCUT2D eigenvalue weighted by molar-refractivity contribution is 0.0651. The van der Waals surface area contributed by atoms with E-state index in [1.54, 1.807) is 13.2 Å². The zero-order chi connectivity index (χ0) is 14.5. The Bertz CT molecular complexity index is 528. The third kappa shape index (κ3) is 3.09. The molecule has 1 saturated heterocycles. The topological polar surface area (TPSA) is 56.6 Å². The van der Waals surface area contributed by atoms with Gasteiger partial charge in [0.1, 0.15) is 5.75 Å². The van der Waals surface area contributed by atoms with Crippen LogP contribution in [0.1, 0.15) is 15.9 Å². The van der Waals surface area contributed by atoms with Gasteiger partial charge < -0.3 is 9.64 Å². The molecule has 1 aliphatic rings. The number of benzene rings is 1. The van der Waals surface area contributed by atoms with Crippen molar-refractivity contribution < 1.29 is 9.53 Å². The van der Waals surface area contributed by atoms with Gasteiger partial charge in [0, 0.05) is 31.7 Å². The molecule has 0 radical (unpaired) electrons. The number of amides is 1. The minimum absolute atomic E-state index is 0.0277. The number of nitrogens with zero attached hydrogens (tertiary/aromatic N) is 3. The summed E-state index contributed by atoms with van der Waals surface area (Å²) in [5, 5.41) is 8.67. The second kappa shape index (κ2) is 6.40. The average molecular weight is 273 g/mol. The zero-order valence-electron chi connectivity index (χ0n) is 11.9. The second-order valence-electron chi connectivity index (χ2n) is 4.91. The maximum absolute atomic E-state index is 12.4. The van der Waals surface area contributed by atoms with Crippen molar-refractivity contribution in [2.75, 3.05) is 39.8 Å². The molecule has 1 fully saturated rings. The molecular weight excluding hydrogens is 254 g/mol. The van der Waals surface area contributed by atoms with E-state index in [0.717, 1.165) is 24.4 Å². The summed E-state index contributed by atoms with van der Waals surface area (Å²) in [7, 11) is 1.61. The van der Waals surface area contributed by atoms with Crippen molar-refractivity contribution in [3.05, 3.63) is 29.3 Å². The van der Waals surface area contributed by atoms with Gasteiger partial charge in [-0.3, -0.25) is 9.69 Å². The molecule has 0 saturated carbocycles. The van der Waals surface area contributed by atoms with Crippen LogP contribution in [-0.2, 0) is 0 Å². The van der Waals surface area contributed by atoms with Gasteiger partial charge in [-0.05, 0) is 24.6 Å². The molecule has 0 aromatic heterocycles. The van der Waals surface area contributed by atoms with Gasteiger partial charge in [-0.1, -0.05) is 6.07 Å². The molecule has 106 valence electrons. The van der Waals surface area contributed by atoms with Gasteiger partial charge in [-0.2, -0.15) is 5.26 Å². The third-order valence-electron chi connectivity index (χ3n) is 3.61. The van der Waals surface area contributed by atoms with Crippen molar-refractivity contribution in [3.63, 3.8) is 0 Å². The first-order chi connectivity index (χ1) is 9.65. The second-order valence-corrected chi connectivity index (χ2v) is 4.91. The van der Waals surface area contributed by atoms with Crippen molar-refractivity contribution in [2.45, 2.75) is 6.92 Å². The van der Waals surface area contributed by atoms with Crippen LogP contribution < -0.4 is 4.74 Å². The average Bonchev–Trinajstić information content (AvgIpc) is 2.48. The Hall–Kier alpha value is -2.06. The van der Waals surface area contributed by atoms with E-state index in [4.69, 9.17) is 10.00 Å².